The number of aliphatic hydroxyl groups is 1. The minimum absolute atomic E-state index is 0.0652. The number of hydrogen-bond acceptors (Lipinski definition) is 6. The van der Waals surface area contributed by atoms with Crippen molar-refractivity contribution >= 4 is 17.9 Å². The number of allylic oxidation sites excluding steroid dienone is 1. The van der Waals surface area contributed by atoms with Crippen LogP contribution < -0.4 is 11.1 Å². The summed E-state index contributed by atoms with van der Waals surface area (Å²) >= 11 is 0. The molecule has 0 saturated carbocycles. The van der Waals surface area contributed by atoms with Gasteiger partial charge in [-0.3, -0.25) is 4.79 Å². The van der Waals surface area contributed by atoms with Crippen LogP contribution in [0.4, 0.5) is 5.82 Å². The van der Waals surface area contributed by atoms with Crippen LogP contribution >= 0.6 is 0 Å². The van der Waals surface area contributed by atoms with Crippen LogP contribution in [0.1, 0.15) is 23.8 Å². The average Bonchev–Trinajstić information content (AvgIpc) is 2.92. The normalized spacial score (nSPS) is 14.1. The third-order valence-electron chi connectivity index (χ3n) is 3.26. The van der Waals surface area contributed by atoms with Gasteiger partial charge in [-0.2, -0.15) is 0 Å². The van der Waals surface area contributed by atoms with E-state index in [0.717, 1.165) is 5.57 Å². The molecule has 1 rings (SSSR count). The monoisotopic (exact) mass is 323 g/mol. The fourth-order valence-electron chi connectivity index (χ4n) is 2.01. The Labute approximate surface area is 136 Å². The number of carbonyl (C=O) groups is 1. The highest BCUT2D eigenvalue weighted by Gasteiger charge is 2.10. The second-order valence-electron chi connectivity index (χ2n) is 5.12. The Morgan fingerprint density at radius 2 is 2.39 bits per heavy atom. The van der Waals surface area contributed by atoms with E-state index in [0.29, 0.717) is 37.4 Å². The number of nitrogens with zero attached hydrogens (tertiary/aromatic N) is 3. The fourth-order valence-corrected chi connectivity index (χ4v) is 2.01. The van der Waals surface area contributed by atoms with Crippen LogP contribution in [0.2, 0.25) is 0 Å². The van der Waals surface area contributed by atoms with E-state index >= 15 is 0 Å². The van der Waals surface area contributed by atoms with Gasteiger partial charge >= 0.3 is 0 Å². The predicted octanol–water partition coefficient (Wildman–Crippen LogP) is 0.247. The second kappa shape index (κ2) is 9.88. The minimum Gasteiger partial charge on any atom is -0.393 e. The van der Waals surface area contributed by atoms with Gasteiger partial charge in [0.15, 0.2) is 12.1 Å². The van der Waals surface area contributed by atoms with E-state index < -0.39 is 0 Å². The van der Waals surface area contributed by atoms with E-state index in [1.165, 1.54) is 0 Å². The number of amidine groups is 1. The highest BCUT2D eigenvalue weighted by Crippen LogP contribution is 2.18. The van der Waals surface area contributed by atoms with Crippen molar-refractivity contribution in [2.75, 3.05) is 27.3 Å². The summed E-state index contributed by atoms with van der Waals surface area (Å²) in [5.74, 6) is 0.829. The molecular formula is C15H25N5O3. The van der Waals surface area contributed by atoms with E-state index in [2.05, 4.69) is 15.3 Å². The van der Waals surface area contributed by atoms with Crippen LogP contribution in [-0.4, -0.2) is 60.2 Å². The molecule has 8 nitrogen and oxygen atoms in total. The third-order valence-corrected chi connectivity index (χ3v) is 3.26. The van der Waals surface area contributed by atoms with Crippen LogP contribution in [0.5, 0.6) is 0 Å². The van der Waals surface area contributed by atoms with Gasteiger partial charge in [-0.1, -0.05) is 11.6 Å². The minimum atomic E-state index is -0.313. The van der Waals surface area contributed by atoms with Crippen molar-refractivity contribution in [3.8, 4) is 0 Å². The maximum atomic E-state index is 11.1. The van der Waals surface area contributed by atoms with E-state index in [1.54, 1.807) is 25.1 Å². The molecule has 23 heavy (non-hydrogen) atoms. The number of aryl methyl sites for hydroxylation is 1. The Hall–Kier alpha value is -2.03. The number of aldehydes is 1. The quantitative estimate of drug-likeness (QED) is 0.246. The molecule has 0 bridgehead atoms. The highest BCUT2D eigenvalue weighted by molar-refractivity contribution is 5.87. The Morgan fingerprint density at radius 1 is 1.65 bits per heavy atom. The van der Waals surface area contributed by atoms with Crippen molar-refractivity contribution in [1.82, 2.24) is 14.9 Å². The van der Waals surface area contributed by atoms with Crippen molar-refractivity contribution in [2.24, 2.45) is 10.7 Å². The summed E-state index contributed by atoms with van der Waals surface area (Å²) in [6.45, 7) is 2.91. The molecule has 0 fully saturated rings. The summed E-state index contributed by atoms with van der Waals surface area (Å²) in [5, 5.41) is 12.0. The van der Waals surface area contributed by atoms with Gasteiger partial charge < -0.3 is 25.5 Å². The van der Waals surface area contributed by atoms with E-state index in [9.17, 15) is 4.79 Å². The summed E-state index contributed by atoms with van der Waals surface area (Å²) in [6.07, 6.45) is 4.51. The molecule has 0 aromatic carbocycles. The maximum Gasteiger partial charge on any atom is 0.172 e. The summed E-state index contributed by atoms with van der Waals surface area (Å²) < 4.78 is 6.89. The summed E-state index contributed by atoms with van der Waals surface area (Å²) in [7, 11) is 3.32. The first kappa shape index (κ1) is 19.0. The molecule has 0 amide bonds. The smallest absolute Gasteiger partial charge is 0.172 e. The molecular weight excluding hydrogens is 298 g/mol. The van der Waals surface area contributed by atoms with E-state index in [4.69, 9.17) is 15.6 Å². The van der Waals surface area contributed by atoms with Gasteiger partial charge in [0, 0.05) is 13.7 Å². The molecule has 0 aliphatic rings. The Balaban J connectivity index is 2.87. The average molecular weight is 323 g/mol. The van der Waals surface area contributed by atoms with Gasteiger partial charge in [-0.25, -0.2) is 9.98 Å². The first-order valence-electron chi connectivity index (χ1n) is 7.34. The number of aliphatic imine (C=N–C) groups is 1. The molecule has 0 spiro atoms. The fraction of sp³-hybridized carbons (Fsp3) is 0.533. The van der Waals surface area contributed by atoms with Crippen LogP contribution in [0, 0.1) is 0 Å². The number of rotatable bonds is 10. The molecule has 0 aliphatic heterocycles. The summed E-state index contributed by atoms with van der Waals surface area (Å²) in [4.78, 5) is 19.4. The molecule has 0 aliphatic carbocycles. The van der Waals surface area contributed by atoms with Crippen LogP contribution in [0.3, 0.4) is 0 Å². The first-order chi connectivity index (χ1) is 11.0. The molecule has 4 N–H and O–H groups in total. The number of hydrogen-bond donors (Lipinski definition) is 3. The lowest BCUT2D eigenvalue weighted by Crippen LogP contribution is -2.26. The number of aliphatic hydroxyl groups excluding tert-OH is 1. The van der Waals surface area contributed by atoms with Gasteiger partial charge in [-0.05, 0) is 20.4 Å². The largest absolute Gasteiger partial charge is 0.393 e. The lowest BCUT2D eigenvalue weighted by Gasteiger charge is -2.10. The first-order valence-corrected chi connectivity index (χ1v) is 7.34. The van der Waals surface area contributed by atoms with Gasteiger partial charge in [-0.15, -0.1) is 0 Å². The highest BCUT2D eigenvalue weighted by atomic mass is 16.5. The number of carbonyl (C=O) groups excluding carboxylic acids is 1. The number of methoxy groups -OCH3 is 1. The van der Waals surface area contributed by atoms with E-state index in [1.807, 2.05) is 13.0 Å². The Bertz CT molecular complexity index is 561. The molecule has 8 heteroatoms. The molecule has 1 aromatic heterocycles. The Kier molecular flexibility index (Phi) is 8.17. The number of nitrogens with two attached hydrogens (primary N) is 1. The summed E-state index contributed by atoms with van der Waals surface area (Å²) in [5.41, 5.74) is 7.12. The van der Waals surface area contributed by atoms with Crippen molar-refractivity contribution in [3.63, 3.8) is 0 Å². The molecule has 1 atom stereocenters. The molecule has 128 valence electrons. The Morgan fingerprint density at radius 3 is 2.96 bits per heavy atom. The second-order valence-corrected chi connectivity index (χ2v) is 5.12. The molecule has 0 radical (unpaired) electrons. The SMILES string of the molecule is CNC/C(N)=N\c1c(C=O)ncn1CC/C(C)=C\C(CO)OC. The lowest BCUT2D eigenvalue weighted by molar-refractivity contribution is 0.0813. The van der Waals surface area contributed by atoms with Crippen LogP contribution in [0.15, 0.2) is 23.0 Å². The van der Waals surface area contributed by atoms with E-state index in [-0.39, 0.29) is 18.4 Å². The van der Waals surface area contributed by atoms with Gasteiger partial charge in [0.05, 0.1) is 25.6 Å². The number of nitrogens with one attached hydrogen (secondary N) is 1. The topological polar surface area (TPSA) is 115 Å². The maximum absolute atomic E-state index is 11.1. The standard InChI is InChI=1S/C15H25N5O3/c1-11(6-12(8-21)23-3)4-5-20-10-18-13(9-22)15(20)19-14(16)7-17-2/h6,9-10,12,17,21H,4-5,7-8H2,1-3H3,(H2,16,19)/b11-6-. The zero-order valence-corrected chi connectivity index (χ0v) is 13.8. The van der Waals surface area contributed by atoms with Crippen molar-refractivity contribution in [1.29, 1.82) is 0 Å². The number of ether oxygens (including phenoxy) is 1. The van der Waals surface area contributed by atoms with Crippen molar-refractivity contribution in [3.05, 3.63) is 23.7 Å². The molecule has 1 unspecified atom stereocenters. The number of likely N-dealkylation sites (N-methyl/N-ethyl adjacent to an activating group) is 1. The van der Waals surface area contributed by atoms with Crippen molar-refractivity contribution in [2.45, 2.75) is 26.0 Å². The van der Waals surface area contributed by atoms with Crippen molar-refractivity contribution < 1.29 is 14.6 Å². The lowest BCUT2D eigenvalue weighted by atomic mass is 10.1. The van der Waals surface area contributed by atoms with Gasteiger partial charge in [0.1, 0.15) is 11.5 Å². The molecule has 1 aromatic rings. The number of imidazole rings is 1. The zero-order chi connectivity index (χ0) is 17.2. The van der Waals surface area contributed by atoms with Gasteiger partial charge in [0.2, 0.25) is 0 Å². The third kappa shape index (κ3) is 5.93. The zero-order valence-electron chi connectivity index (χ0n) is 13.8. The number of aromatic nitrogens is 2. The van der Waals surface area contributed by atoms with Crippen LogP contribution in [-0.2, 0) is 11.3 Å². The van der Waals surface area contributed by atoms with Gasteiger partial charge in [0.25, 0.3) is 0 Å². The molecule has 0 saturated heterocycles. The van der Waals surface area contributed by atoms with Crippen LogP contribution in [0.25, 0.3) is 0 Å². The molecule has 1 heterocycles. The predicted molar refractivity (Wildman–Crippen MR) is 89.1 cm³/mol. The summed E-state index contributed by atoms with van der Waals surface area (Å²) in [6, 6.07) is 0.